The number of fused-ring (bicyclic) bond motifs is 1. The van der Waals surface area contributed by atoms with Crippen LogP contribution in [0.5, 0.6) is 0 Å². The van der Waals surface area contributed by atoms with Gasteiger partial charge in [-0.3, -0.25) is 4.79 Å². The average Bonchev–Trinajstić information content (AvgIpc) is 2.97. The van der Waals surface area contributed by atoms with E-state index in [2.05, 4.69) is 16.4 Å². The number of halogens is 1. The van der Waals surface area contributed by atoms with Crippen LogP contribution in [0.25, 0.3) is 10.9 Å². The Labute approximate surface area is 115 Å². The average molecular weight is 279 g/mol. The lowest BCUT2D eigenvalue weighted by Crippen LogP contribution is -2.17. The SMILES string of the molecule is Cc1c[nH]c2c(Cl)cc(C3CC(C(=O)O)CN3)cc12. The van der Waals surface area contributed by atoms with Gasteiger partial charge in [0.1, 0.15) is 0 Å². The maximum Gasteiger partial charge on any atom is 0.307 e. The van der Waals surface area contributed by atoms with E-state index in [-0.39, 0.29) is 12.0 Å². The first-order valence-corrected chi connectivity index (χ1v) is 6.67. The minimum absolute atomic E-state index is 0.0669. The summed E-state index contributed by atoms with van der Waals surface area (Å²) >= 11 is 6.28. The maximum atomic E-state index is 11.0. The molecule has 0 spiro atoms. The number of aliphatic carboxylic acids is 1. The van der Waals surface area contributed by atoms with Crippen molar-refractivity contribution in [2.75, 3.05) is 6.54 Å². The van der Waals surface area contributed by atoms with Crippen molar-refractivity contribution in [1.82, 2.24) is 10.3 Å². The van der Waals surface area contributed by atoms with E-state index in [0.29, 0.717) is 18.0 Å². The molecular formula is C14H15ClN2O2. The summed E-state index contributed by atoms with van der Waals surface area (Å²) in [6.07, 6.45) is 2.54. The molecule has 1 aliphatic heterocycles. The Hall–Kier alpha value is -1.52. The molecule has 0 bridgehead atoms. The minimum atomic E-state index is -0.736. The topological polar surface area (TPSA) is 65.1 Å². The Balaban J connectivity index is 1.97. The third-order valence-electron chi connectivity index (χ3n) is 3.85. The van der Waals surface area contributed by atoms with Crippen molar-refractivity contribution in [3.05, 3.63) is 34.5 Å². The molecule has 0 amide bonds. The normalized spacial score (nSPS) is 23.1. The fourth-order valence-corrected chi connectivity index (χ4v) is 3.00. The van der Waals surface area contributed by atoms with Gasteiger partial charge in [-0.05, 0) is 36.6 Å². The zero-order chi connectivity index (χ0) is 13.6. The Morgan fingerprint density at radius 3 is 2.95 bits per heavy atom. The van der Waals surface area contributed by atoms with Gasteiger partial charge in [0.2, 0.25) is 0 Å². The highest BCUT2D eigenvalue weighted by molar-refractivity contribution is 6.35. The molecule has 2 aromatic rings. The molecule has 0 saturated carbocycles. The molecule has 3 rings (SSSR count). The van der Waals surface area contributed by atoms with Gasteiger partial charge in [0, 0.05) is 24.2 Å². The van der Waals surface area contributed by atoms with Crippen LogP contribution in [0.1, 0.15) is 23.6 Å². The van der Waals surface area contributed by atoms with Gasteiger partial charge in [0.25, 0.3) is 0 Å². The predicted molar refractivity (Wildman–Crippen MR) is 74.5 cm³/mol. The molecule has 1 fully saturated rings. The predicted octanol–water partition coefficient (Wildman–Crippen LogP) is 2.86. The molecule has 0 radical (unpaired) electrons. The zero-order valence-electron chi connectivity index (χ0n) is 10.5. The standard InChI is InChI=1S/C14H15ClN2O2/c1-7-5-17-13-10(7)2-8(3-11(13)15)12-4-9(6-16-12)14(18)19/h2-3,5,9,12,16-17H,4,6H2,1H3,(H,18,19). The summed E-state index contributed by atoms with van der Waals surface area (Å²) in [5, 5.41) is 14.1. The lowest BCUT2D eigenvalue weighted by atomic mass is 9.98. The molecule has 100 valence electrons. The molecule has 1 saturated heterocycles. The van der Waals surface area contributed by atoms with Crippen molar-refractivity contribution in [3.8, 4) is 0 Å². The van der Waals surface area contributed by atoms with Crippen LogP contribution in [0, 0.1) is 12.8 Å². The Morgan fingerprint density at radius 1 is 1.47 bits per heavy atom. The molecule has 5 heteroatoms. The molecule has 3 N–H and O–H groups in total. The number of hydrogen-bond acceptors (Lipinski definition) is 2. The van der Waals surface area contributed by atoms with Gasteiger partial charge in [0.15, 0.2) is 0 Å². The molecule has 1 aromatic heterocycles. The van der Waals surface area contributed by atoms with Crippen molar-refractivity contribution in [2.24, 2.45) is 5.92 Å². The zero-order valence-corrected chi connectivity index (χ0v) is 11.3. The molecule has 1 aromatic carbocycles. The van der Waals surface area contributed by atoms with Crippen LogP contribution in [0.15, 0.2) is 18.3 Å². The molecular weight excluding hydrogens is 264 g/mol. The van der Waals surface area contributed by atoms with E-state index in [1.165, 1.54) is 0 Å². The van der Waals surface area contributed by atoms with Crippen LogP contribution in [-0.4, -0.2) is 22.6 Å². The number of aryl methyl sites for hydroxylation is 1. The van der Waals surface area contributed by atoms with Gasteiger partial charge >= 0.3 is 5.97 Å². The highest BCUT2D eigenvalue weighted by Gasteiger charge is 2.30. The van der Waals surface area contributed by atoms with E-state index >= 15 is 0 Å². The first kappa shape index (κ1) is 12.5. The third kappa shape index (κ3) is 2.11. The quantitative estimate of drug-likeness (QED) is 0.791. The number of H-pyrrole nitrogens is 1. The van der Waals surface area contributed by atoms with Gasteiger partial charge in [0.05, 0.1) is 16.5 Å². The van der Waals surface area contributed by atoms with Crippen molar-refractivity contribution in [2.45, 2.75) is 19.4 Å². The summed E-state index contributed by atoms with van der Waals surface area (Å²) < 4.78 is 0. The lowest BCUT2D eigenvalue weighted by molar-refractivity contribution is -0.141. The molecule has 19 heavy (non-hydrogen) atoms. The van der Waals surface area contributed by atoms with Crippen LogP contribution in [-0.2, 0) is 4.79 Å². The largest absolute Gasteiger partial charge is 0.481 e. The number of carboxylic acids is 1. The van der Waals surface area contributed by atoms with Crippen molar-refractivity contribution in [3.63, 3.8) is 0 Å². The van der Waals surface area contributed by atoms with E-state index in [1.54, 1.807) is 0 Å². The van der Waals surface area contributed by atoms with Gasteiger partial charge < -0.3 is 15.4 Å². The van der Waals surface area contributed by atoms with Gasteiger partial charge in [-0.25, -0.2) is 0 Å². The minimum Gasteiger partial charge on any atom is -0.481 e. The number of hydrogen-bond donors (Lipinski definition) is 3. The first-order chi connectivity index (χ1) is 9.06. The number of aromatic nitrogens is 1. The lowest BCUT2D eigenvalue weighted by Gasteiger charge is -2.12. The molecule has 2 heterocycles. The highest BCUT2D eigenvalue weighted by atomic mass is 35.5. The fraction of sp³-hybridized carbons (Fsp3) is 0.357. The summed E-state index contributed by atoms with van der Waals surface area (Å²) in [5.41, 5.74) is 3.14. The van der Waals surface area contributed by atoms with Crippen molar-refractivity contribution < 1.29 is 9.90 Å². The second-order valence-electron chi connectivity index (χ2n) is 5.13. The highest BCUT2D eigenvalue weighted by Crippen LogP contribution is 2.33. The van der Waals surface area contributed by atoms with Crippen molar-refractivity contribution in [1.29, 1.82) is 0 Å². The summed E-state index contributed by atoms with van der Waals surface area (Å²) in [7, 11) is 0. The van der Waals surface area contributed by atoms with E-state index < -0.39 is 5.97 Å². The number of carboxylic acid groups (broad SMARTS) is 1. The van der Waals surface area contributed by atoms with E-state index in [9.17, 15) is 4.79 Å². The summed E-state index contributed by atoms with van der Waals surface area (Å²) in [6, 6.07) is 4.08. The van der Waals surface area contributed by atoms with Crippen LogP contribution in [0.3, 0.4) is 0 Å². The second kappa shape index (κ2) is 4.54. The fourth-order valence-electron chi connectivity index (χ4n) is 2.72. The Bertz CT molecular complexity index is 650. The van der Waals surface area contributed by atoms with E-state index in [1.807, 2.05) is 19.2 Å². The van der Waals surface area contributed by atoms with Crippen LogP contribution in [0.2, 0.25) is 5.02 Å². The number of carbonyl (C=O) groups is 1. The Kier molecular flexibility index (Phi) is 2.99. The van der Waals surface area contributed by atoms with Crippen LogP contribution in [0.4, 0.5) is 0 Å². The third-order valence-corrected chi connectivity index (χ3v) is 4.15. The number of benzene rings is 1. The maximum absolute atomic E-state index is 11.0. The summed E-state index contributed by atoms with van der Waals surface area (Å²) in [6.45, 7) is 2.54. The van der Waals surface area contributed by atoms with E-state index in [0.717, 1.165) is 22.0 Å². The smallest absolute Gasteiger partial charge is 0.307 e. The van der Waals surface area contributed by atoms with E-state index in [4.69, 9.17) is 16.7 Å². The molecule has 1 aliphatic rings. The Morgan fingerprint density at radius 2 is 2.26 bits per heavy atom. The van der Waals surface area contributed by atoms with Crippen LogP contribution >= 0.6 is 11.6 Å². The summed E-state index contributed by atoms with van der Waals surface area (Å²) in [4.78, 5) is 14.2. The molecule has 2 atom stereocenters. The van der Waals surface area contributed by atoms with Gasteiger partial charge in [-0.1, -0.05) is 11.6 Å². The first-order valence-electron chi connectivity index (χ1n) is 6.29. The van der Waals surface area contributed by atoms with Crippen molar-refractivity contribution >= 4 is 28.5 Å². The number of nitrogens with one attached hydrogen (secondary N) is 2. The van der Waals surface area contributed by atoms with Gasteiger partial charge in [-0.2, -0.15) is 0 Å². The molecule has 2 unspecified atom stereocenters. The number of aromatic amines is 1. The summed E-state index contributed by atoms with van der Waals surface area (Å²) in [5.74, 6) is -1.05. The van der Waals surface area contributed by atoms with Gasteiger partial charge in [-0.15, -0.1) is 0 Å². The van der Waals surface area contributed by atoms with Crippen LogP contribution < -0.4 is 5.32 Å². The number of rotatable bonds is 2. The molecule has 4 nitrogen and oxygen atoms in total. The monoisotopic (exact) mass is 278 g/mol. The molecule has 0 aliphatic carbocycles. The second-order valence-corrected chi connectivity index (χ2v) is 5.54.